The van der Waals surface area contributed by atoms with Crippen LogP contribution in [0.4, 0.5) is 0 Å². The number of amides is 1. The van der Waals surface area contributed by atoms with Gasteiger partial charge in [-0.3, -0.25) is 4.79 Å². The molecule has 1 aliphatic carbocycles. The molecule has 1 heterocycles. The average Bonchev–Trinajstić information content (AvgIpc) is 3.00. The summed E-state index contributed by atoms with van der Waals surface area (Å²) in [5, 5.41) is 12.6. The van der Waals surface area contributed by atoms with Gasteiger partial charge in [0, 0.05) is 31.2 Å². The van der Waals surface area contributed by atoms with E-state index < -0.39 is 0 Å². The van der Waals surface area contributed by atoms with Gasteiger partial charge < -0.3 is 15.3 Å². The predicted molar refractivity (Wildman–Crippen MR) is 82.0 cm³/mol. The molecule has 1 saturated carbocycles. The summed E-state index contributed by atoms with van der Waals surface area (Å²) in [6.45, 7) is 2.22. The Kier molecular flexibility index (Phi) is 4.56. The van der Waals surface area contributed by atoms with Gasteiger partial charge in [0.25, 0.3) is 5.91 Å². The van der Waals surface area contributed by atoms with Crippen molar-refractivity contribution in [2.45, 2.75) is 51.2 Å². The van der Waals surface area contributed by atoms with E-state index in [2.05, 4.69) is 11.4 Å². The molecule has 21 heavy (non-hydrogen) atoms. The first-order chi connectivity index (χ1) is 10.3. The van der Waals surface area contributed by atoms with Gasteiger partial charge in [-0.05, 0) is 36.1 Å². The molecule has 3 rings (SSSR count). The molecule has 1 aliphatic heterocycles. The monoisotopic (exact) mass is 288 g/mol. The first-order valence-electron chi connectivity index (χ1n) is 8.04. The van der Waals surface area contributed by atoms with E-state index in [0.29, 0.717) is 12.6 Å². The van der Waals surface area contributed by atoms with Gasteiger partial charge in [0.1, 0.15) is 0 Å². The molecular weight excluding hydrogens is 264 g/mol. The summed E-state index contributed by atoms with van der Waals surface area (Å²) in [6.07, 6.45) is 5.78. The van der Waals surface area contributed by atoms with E-state index in [1.165, 1.54) is 30.4 Å². The SMILES string of the molecule is O=C(c1ccc2c(c1)CNC2)N(CCO)C1CCCCC1. The number of carbonyl (C=O) groups excluding carboxylic acids is 1. The van der Waals surface area contributed by atoms with Crippen molar-refractivity contribution < 1.29 is 9.90 Å². The highest BCUT2D eigenvalue weighted by atomic mass is 16.3. The minimum atomic E-state index is 0.0364. The van der Waals surface area contributed by atoms with Crippen molar-refractivity contribution >= 4 is 5.91 Å². The van der Waals surface area contributed by atoms with Crippen LogP contribution in [0.2, 0.25) is 0 Å². The number of benzene rings is 1. The lowest BCUT2D eigenvalue weighted by Crippen LogP contribution is -2.43. The summed E-state index contributed by atoms with van der Waals surface area (Å²) in [6, 6.07) is 6.30. The van der Waals surface area contributed by atoms with Crippen LogP contribution >= 0.6 is 0 Å². The number of aliphatic hydroxyl groups is 1. The first kappa shape index (κ1) is 14.5. The smallest absolute Gasteiger partial charge is 0.254 e. The standard InChI is InChI=1S/C17H24N2O2/c20-9-8-19(16-4-2-1-3-5-16)17(21)13-6-7-14-11-18-12-15(14)10-13/h6-7,10,16,18,20H,1-5,8-9,11-12H2. The fourth-order valence-corrected chi connectivity index (χ4v) is 3.54. The summed E-state index contributed by atoms with van der Waals surface area (Å²) in [5.41, 5.74) is 3.28. The fraction of sp³-hybridized carbons (Fsp3) is 0.588. The summed E-state index contributed by atoms with van der Waals surface area (Å²) in [5.74, 6) is 0.0747. The zero-order valence-corrected chi connectivity index (χ0v) is 12.5. The lowest BCUT2D eigenvalue weighted by atomic mass is 9.93. The number of hydrogen-bond acceptors (Lipinski definition) is 3. The molecule has 0 spiro atoms. The van der Waals surface area contributed by atoms with Crippen molar-refractivity contribution in [2.24, 2.45) is 0 Å². The number of hydrogen-bond donors (Lipinski definition) is 2. The Labute approximate surface area is 126 Å². The van der Waals surface area contributed by atoms with Gasteiger partial charge in [-0.2, -0.15) is 0 Å². The van der Waals surface area contributed by atoms with Gasteiger partial charge >= 0.3 is 0 Å². The lowest BCUT2D eigenvalue weighted by Gasteiger charge is -2.34. The van der Waals surface area contributed by atoms with Crippen LogP contribution in [-0.4, -0.2) is 35.1 Å². The van der Waals surface area contributed by atoms with Crippen molar-refractivity contribution in [3.05, 3.63) is 34.9 Å². The van der Waals surface area contributed by atoms with E-state index in [-0.39, 0.29) is 12.5 Å². The number of carbonyl (C=O) groups is 1. The van der Waals surface area contributed by atoms with E-state index in [0.717, 1.165) is 31.5 Å². The zero-order chi connectivity index (χ0) is 14.7. The zero-order valence-electron chi connectivity index (χ0n) is 12.5. The van der Waals surface area contributed by atoms with Crippen molar-refractivity contribution in [2.75, 3.05) is 13.2 Å². The van der Waals surface area contributed by atoms with Crippen molar-refractivity contribution in [1.82, 2.24) is 10.2 Å². The quantitative estimate of drug-likeness (QED) is 0.891. The number of rotatable bonds is 4. The highest BCUT2D eigenvalue weighted by Crippen LogP contribution is 2.25. The third kappa shape index (κ3) is 3.11. The van der Waals surface area contributed by atoms with Gasteiger partial charge in [-0.25, -0.2) is 0 Å². The number of fused-ring (bicyclic) bond motifs is 1. The molecule has 0 saturated heterocycles. The molecule has 2 N–H and O–H groups in total. The molecule has 0 bridgehead atoms. The molecule has 0 aromatic heterocycles. The van der Waals surface area contributed by atoms with Crippen molar-refractivity contribution in [1.29, 1.82) is 0 Å². The lowest BCUT2D eigenvalue weighted by molar-refractivity contribution is 0.0585. The van der Waals surface area contributed by atoms with Crippen LogP contribution in [0.15, 0.2) is 18.2 Å². The molecule has 4 heteroatoms. The second-order valence-electron chi connectivity index (χ2n) is 6.10. The second kappa shape index (κ2) is 6.58. The minimum absolute atomic E-state index is 0.0364. The molecule has 0 atom stereocenters. The summed E-state index contributed by atoms with van der Waals surface area (Å²) < 4.78 is 0. The molecule has 0 unspecified atom stereocenters. The largest absolute Gasteiger partial charge is 0.395 e. The highest BCUT2D eigenvalue weighted by Gasteiger charge is 2.26. The molecule has 2 aliphatic rings. The van der Waals surface area contributed by atoms with Gasteiger partial charge in [0.05, 0.1) is 6.61 Å². The Morgan fingerprint density at radius 2 is 1.95 bits per heavy atom. The Morgan fingerprint density at radius 3 is 2.71 bits per heavy atom. The third-order valence-corrected chi connectivity index (χ3v) is 4.70. The molecule has 1 aromatic rings. The van der Waals surface area contributed by atoms with Gasteiger partial charge in [-0.15, -0.1) is 0 Å². The Morgan fingerprint density at radius 1 is 1.19 bits per heavy atom. The molecule has 4 nitrogen and oxygen atoms in total. The van der Waals surface area contributed by atoms with Crippen molar-refractivity contribution in [3.8, 4) is 0 Å². The van der Waals surface area contributed by atoms with Crippen LogP contribution in [0, 0.1) is 0 Å². The molecule has 0 radical (unpaired) electrons. The van der Waals surface area contributed by atoms with E-state index in [9.17, 15) is 9.90 Å². The average molecular weight is 288 g/mol. The fourth-order valence-electron chi connectivity index (χ4n) is 3.54. The minimum Gasteiger partial charge on any atom is -0.395 e. The summed E-state index contributed by atoms with van der Waals surface area (Å²) >= 11 is 0. The maximum absolute atomic E-state index is 12.8. The van der Waals surface area contributed by atoms with Gasteiger partial charge in [0.15, 0.2) is 0 Å². The Balaban J connectivity index is 1.79. The Hall–Kier alpha value is -1.39. The molecular formula is C17H24N2O2. The molecule has 114 valence electrons. The molecule has 1 fully saturated rings. The van der Waals surface area contributed by atoms with Gasteiger partial charge in [-0.1, -0.05) is 25.3 Å². The van der Waals surface area contributed by atoms with Crippen molar-refractivity contribution in [3.63, 3.8) is 0 Å². The van der Waals surface area contributed by atoms with Crippen LogP contribution in [0.3, 0.4) is 0 Å². The van der Waals surface area contributed by atoms with E-state index in [1.807, 2.05) is 17.0 Å². The number of aliphatic hydroxyl groups excluding tert-OH is 1. The summed E-state index contributed by atoms with van der Waals surface area (Å²) in [7, 11) is 0. The van der Waals surface area contributed by atoms with Crippen LogP contribution < -0.4 is 5.32 Å². The maximum atomic E-state index is 12.8. The van der Waals surface area contributed by atoms with E-state index in [1.54, 1.807) is 0 Å². The normalized spacial score (nSPS) is 18.5. The number of nitrogens with zero attached hydrogens (tertiary/aromatic N) is 1. The van der Waals surface area contributed by atoms with Crippen LogP contribution in [0.25, 0.3) is 0 Å². The first-order valence-corrected chi connectivity index (χ1v) is 8.04. The predicted octanol–water partition coefficient (Wildman–Crippen LogP) is 2.06. The highest BCUT2D eigenvalue weighted by molar-refractivity contribution is 5.94. The topological polar surface area (TPSA) is 52.6 Å². The molecule has 1 amide bonds. The van der Waals surface area contributed by atoms with Crippen LogP contribution in [-0.2, 0) is 13.1 Å². The van der Waals surface area contributed by atoms with E-state index in [4.69, 9.17) is 0 Å². The Bertz CT molecular complexity index is 510. The van der Waals surface area contributed by atoms with Crippen LogP contribution in [0.1, 0.15) is 53.6 Å². The maximum Gasteiger partial charge on any atom is 0.254 e. The van der Waals surface area contributed by atoms with Crippen LogP contribution in [0.5, 0.6) is 0 Å². The summed E-state index contributed by atoms with van der Waals surface area (Å²) in [4.78, 5) is 14.7. The van der Waals surface area contributed by atoms with Gasteiger partial charge in [0.2, 0.25) is 0 Å². The second-order valence-corrected chi connectivity index (χ2v) is 6.10. The third-order valence-electron chi connectivity index (χ3n) is 4.70. The molecule has 1 aromatic carbocycles. The number of nitrogens with one attached hydrogen (secondary N) is 1. The van der Waals surface area contributed by atoms with E-state index >= 15 is 0 Å².